The minimum atomic E-state index is -4.36. The fraction of sp³-hybridized carbons (Fsp3) is 0.650. The lowest BCUT2D eigenvalue weighted by Crippen LogP contribution is -2.51. The van der Waals surface area contributed by atoms with E-state index in [1.165, 1.54) is 25.0 Å². The lowest BCUT2D eigenvalue weighted by molar-refractivity contribution is -0.137. The lowest BCUT2D eigenvalue weighted by atomic mass is 10.0. The number of ether oxygens (including phenoxy) is 1. The van der Waals surface area contributed by atoms with E-state index in [4.69, 9.17) is 4.74 Å². The first kappa shape index (κ1) is 20.9. The van der Waals surface area contributed by atoms with E-state index in [-0.39, 0.29) is 0 Å². The molecule has 2 unspecified atom stereocenters. The van der Waals surface area contributed by atoms with E-state index >= 15 is 0 Å². The monoisotopic (exact) mass is 398 g/mol. The molecule has 1 aliphatic carbocycles. The summed E-state index contributed by atoms with van der Waals surface area (Å²) in [6, 6.07) is 5.85. The number of hydrogen-bond acceptors (Lipinski definition) is 3. The van der Waals surface area contributed by atoms with Crippen molar-refractivity contribution in [3.63, 3.8) is 0 Å². The zero-order valence-corrected chi connectivity index (χ0v) is 16.7. The highest BCUT2D eigenvalue weighted by atomic mass is 19.4. The molecule has 1 saturated heterocycles. The molecule has 8 heteroatoms. The fourth-order valence-corrected chi connectivity index (χ4v) is 3.74. The van der Waals surface area contributed by atoms with Gasteiger partial charge in [-0.3, -0.25) is 4.99 Å². The molecule has 28 heavy (non-hydrogen) atoms. The zero-order valence-electron chi connectivity index (χ0n) is 16.7. The Labute approximate surface area is 164 Å². The Morgan fingerprint density at radius 1 is 1.36 bits per heavy atom. The van der Waals surface area contributed by atoms with Crippen molar-refractivity contribution in [3.05, 3.63) is 35.4 Å². The maximum atomic E-state index is 13.0. The van der Waals surface area contributed by atoms with Gasteiger partial charge in [-0.05, 0) is 50.6 Å². The number of likely N-dealkylation sites (N-methyl/N-ethyl adjacent to an activating group) is 1. The van der Waals surface area contributed by atoms with Crippen LogP contribution in [-0.2, 0) is 10.9 Å². The molecule has 2 aliphatic rings. The van der Waals surface area contributed by atoms with Crippen LogP contribution in [0.2, 0.25) is 0 Å². The molecular formula is C20H29F3N4O. The van der Waals surface area contributed by atoms with Crippen LogP contribution in [0.5, 0.6) is 0 Å². The molecule has 2 fully saturated rings. The summed E-state index contributed by atoms with van der Waals surface area (Å²) in [7, 11) is 5.91. The summed E-state index contributed by atoms with van der Waals surface area (Å²) in [6.07, 6.45) is -2.24. The van der Waals surface area contributed by atoms with Gasteiger partial charge in [-0.15, -0.1) is 0 Å². The number of nitrogens with zero attached hydrogens (tertiary/aromatic N) is 3. The van der Waals surface area contributed by atoms with Gasteiger partial charge in [0, 0.05) is 26.2 Å². The van der Waals surface area contributed by atoms with E-state index in [9.17, 15) is 13.2 Å². The Hall–Kier alpha value is -1.80. The highest BCUT2D eigenvalue weighted by Gasteiger charge is 2.34. The Kier molecular flexibility index (Phi) is 6.50. The highest BCUT2D eigenvalue weighted by Crippen LogP contribution is 2.34. The van der Waals surface area contributed by atoms with Crippen LogP contribution in [0.3, 0.4) is 0 Å². The van der Waals surface area contributed by atoms with Crippen molar-refractivity contribution in [1.29, 1.82) is 0 Å². The van der Waals surface area contributed by atoms with Crippen LogP contribution in [0.1, 0.15) is 30.1 Å². The number of alkyl halides is 3. The third kappa shape index (κ3) is 5.17. The molecule has 1 saturated carbocycles. The molecular weight excluding hydrogens is 369 g/mol. The smallest absolute Gasteiger partial charge is 0.370 e. The molecule has 1 aromatic carbocycles. The van der Waals surface area contributed by atoms with Crippen molar-refractivity contribution < 1.29 is 17.9 Å². The van der Waals surface area contributed by atoms with E-state index in [0.717, 1.165) is 24.5 Å². The molecule has 0 spiro atoms. The van der Waals surface area contributed by atoms with Crippen molar-refractivity contribution in [2.45, 2.75) is 31.2 Å². The van der Waals surface area contributed by atoms with Crippen molar-refractivity contribution in [2.24, 2.45) is 10.9 Å². The summed E-state index contributed by atoms with van der Waals surface area (Å²) in [5.74, 6) is 1.50. The number of hydrogen-bond donors (Lipinski definition) is 1. The molecule has 0 bridgehead atoms. The van der Waals surface area contributed by atoms with Gasteiger partial charge in [0.1, 0.15) is 6.10 Å². The minimum Gasteiger partial charge on any atom is -0.370 e. The number of morpholine rings is 1. The first-order valence-corrected chi connectivity index (χ1v) is 9.70. The Morgan fingerprint density at radius 3 is 2.71 bits per heavy atom. The fourth-order valence-electron chi connectivity index (χ4n) is 3.74. The van der Waals surface area contributed by atoms with Gasteiger partial charge < -0.3 is 19.9 Å². The quantitative estimate of drug-likeness (QED) is 0.612. The average Bonchev–Trinajstić information content (AvgIpc) is 3.49. The van der Waals surface area contributed by atoms with Gasteiger partial charge in [-0.25, -0.2) is 0 Å². The lowest BCUT2D eigenvalue weighted by Gasteiger charge is -2.36. The first-order valence-electron chi connectivity index (χ1n) is 9.70. The Morgan fingerprint density at radius 2 is 2.11 bits per heavy atom. The molecule has 3 rings (SSSR count). The van der Waals surface area contributed by atoms with Gasteiger partial charge in [0.25, 0.3) is 0 Å². The van der Waals surface area contributed by atoms with Crippen LogP contribution in [0, 0.1) is 5.92 Å². The number of aliphatic imine (C=N–C) groups is 1. The predicted molar refractivity (Wildman–Crippen MR) is 103 cm³/mol. The van der Waals surface area contributed by atoms with Crippen LogP contribution < -0.4 is 5.32 Å². The molecule has 1 heterocycles. The second-order valence-electron chi connectivity index (χ2n) is 7.73. The van der Waals surface area contributed by atoms with E-state index in [2.05, 4.69) is 34.2 Å². The zero-order chi connectivity index (χ0) is 20.3. The molecule has 5 nitrogen and oxygen atoms in total. The third-order valence-corrected chi connectivity index (χ3v) is 5.46. The van der Waals surface area contributed by atoms with Crippen LogP contribution in [0.15, 0.2) is 29.3 Å². The van der Waals surface area contributed by atoms with Crippen molar-refractivity contribution in [1.82, 2.24) is 15.1 Å². The maximum absolute atomic E-state index is 13.0. The van der Waals surface area contributed by atoms with Crippen LogP contribution in [0.4, 0.5) is 13.2 Å². The Balaban J connectivity index is 1.65. The summed E-state index contributed by atoms with van der Waals surface area (Å²) in [4.78, 5) is 8.69. The molecule has 0 radical (unpaired) electrons. The van der Waals surface area contributed by atoms with Crippen molar-refractivity contribution in [2.75, 3.05) is 47.4 Å². The normalized spacial score (nSPS) is 22.5. The molecule has 0 amide bonds. The largest absolute Gasteiger partial charge is 0.416 e. The highest BCUT2D eigenvalue weighted by molar-refractivity contribution is 5.80. The summed E-state index contributed by atoms with van der Waals surface area (Å²) < 4.78 is 44.8. The summed E-state index contributed by atoms with van der Waals surface area (Å²) in [5.41, 5.74) is -0.106. The van der Waals surface area contributed by atoms with E-state index in [1.807, 2.05) is 0 Å². The summed E-state index contributed by atoms with van der Waals surface area (Å²) in [6.45, 7) is 2.37. The number of benzene rings is 1. The number of nitrogens with one attached hydrogen (secondary N) is 1. The number of halogens is 3. The van der Waals surface area contributed by atoms with Crippen molar-refractivity contribution in [3.8, 4) is 0 Å². The van der Waals surface area contributed by atoms with Gasteiger partial charge in [-0.1, -0.05) is 12.1 Å². The maximum Gasteiger partial charge on any atom is 0.416 e. The van der Waals surface area contributed by atoms with Gasteiger partial charge in [0.2, 0.25) is 0 Å². The second kappa shape index (κ2) is 8.69. The van der Waals surface area contributed by atoms with Crippen LogP contribution >= 0.6 is 0 Å². The topological polar surface area (TPSA) is 40.1 Å². The molecule has 156 valence electrons. The first-order chi connectivity index (χ1) is 13.3. The standard InChI is InChI=1S/C20H29F3N4O/c1-24-19(25-12-17(26(2)3)14-7-8-14)27-9-10-28-18(13-27)15-5-4-6-16(11-15)20(21,22)23/h4-6,11,14,17-18H,7-10,12-13H2,1-3H3,(H,24,25). The molecule has 1 aliphatic heterocycles. The van der Waals surface area contributed by atoms with Gasteiger partial charge in [0.15, 0.2) is 5.96 Å². The van der Waals surface area contributed by atoms with E-state index in [0.29, 0.717) is 31.3 Å². The van der Waals surface area contributed by atoms with Crippen molar-refractivity contribution >= 4 is 5.96 Å². The van der Waals surface area contributed by atoms with Crippen LogP contribution in [-0.4, -0.2) is 69.2 Å². The van der Waals surface area contributed by atoms with Gasteiger partial charge in [0.05, 0.1) is 18.7 Å². The SMILES string of the molecule is CN=C(NCC(C1CC1)N(C)C)N1CCOC(c2cccc(C(F)(F)F)c2)C1. The molecule has 2 atom stereocenters. The molecule has 1 aromatic rings. The summed E-state index contributed by atoms with van der Waals surface area (Å²) >= 11 is 0. The van der Waals surface area contributed by atoms with Gasteiger partial charge >= 0.3 is 6.18 Å². The van der Waals surface area contributed by atoms with Crippen LogP contribution in [0.25, 0.3) is 0 Å². The molecule has 1 N–H and O–H groups in total. The Bertz CT molecular complexity index is 686. The number of guanidine groups is 1. The van der Waals surface area contributed by atoms with E-state index in [1.54, 1.807) is 13.1 Å². The third-order valence-electron chi connectivity index (χ3n) is 5.46. The number of rotatable bonds is 5. The predicted octanol–water partition coefficient (Wildman–Crippen LogP) is 2.99. The van der Waals surface area contributed by atoms with Gasteiger partial charge in [-0.2, -0.15) is 13.2 Å². The second-order valence-corrected chi connectivity index (χ2v) is 7.73. The average molecular weight is 398 g/mol. The molecule has 0 aromatic heterocycles. The minimum absolute atomic E-state index is 0.414. The van der Waals surface area contributed by atoms with E-state index < -0.39 is 17.8 Å². The summed E-state index contributed by atoms with van der Waals surface area (Å²) in [5, 5.41) is 3.45.